The number of para-hydroxylation sites is 1. The second kappa shape index (κ2) is 10.8. The third-order valence-corrected chi connectivity index (χ3v) is 10.3. The van der Waals surface area contributed by atoms with Gasteiger partial charge in [0.1, 0.15) is 6.10 Å². The molecule has 3 aliphatic carbocycles. The summed E-state index contributed by atoms with van der Waals surface area (Å²) in [6.07, 6.45) is 10.0. The normalized spacial score (nSPS) is 34.8. The third-order valence-electron chi connectivity index (χ3n) is 10.0. The number of nitrogens with zero attached hydrogens (tertiary/aromatic N) is 1. The molecule has 2 saturated carbocycles. The summed E-state index contributed by atoms with van der Waals surface area (Å²) < 4.78 is 6.15. The van der Waals surface area contributed by atoms with Crippen LogP contribution in [0.2, 0.25) is 0 Å². The molecular formula is C30H40Cl2N2O3. The van der Waals surface area contributed by atoms with Crippen molar-refractivity contribution in [3.05, 3.63) is 41.5 Å². The monoisotopic (exact) mass is 546 g/mol. The first-order chi connectivity index (χ1) is 17.8. The Labute approximate surface area is 231 Å². The lowest BCUT2D eigenvalue weighted by atomic mass is 9.48. The number of amides is 1. The Kier molecular flexibility index (Phi) is 7.85. The van der Waals surface area contributed by atoms with Crippen LogP contribution < -0.4 is 10.2 Å². The summed E-state index contributed by atoms with van der Waals surface area (Å²) in [5.41, 5.74) is 2.98. The molecule has 4 aliphatic rings. The van der Waals surface area contributed by atoms with Gasteiger partial charge < -0.3 is 15.0 Å². The number of nitrogens with one attached hydrogen (secondary N) is 1. The van der Waals surface area contributed by atoms with Crippen molar-refractivity contribution in [2.75, 3.05) is 29.7 Å². The number of carbonyl (C=O) groups is 2. The summed E-state index contributed by atoms with van der Waals surface area (Å²) in [5.74, 6) is 2.68. The fourth-order valence-electron chi connectivity index (χ4n) is 8.10. The predicted molar refractivity (Wildman–Crippen MR) is 149 cm³/mol. The van der Waals surface area contributed by atoms with Gasteiger partial charge in [0.05, 0.1) is 11.3 Å². The number of piperidine rings is 1. The number of esters is 1. The molecule has 0 radical (unpaired) electrons. The highest BCUT2D eigenvalue weighted by Gasteiger charge is 2.56. The maximum Gasteiger partial charge on any atom is 0.340 e. The molecule has 1 aromatic rings. The van der Waals surface area contributed by atoms with E-state index in [0.29, 0.717) is 54.6 Å². The topological polar surface area (TPSA) is 58.6 Å². The molecule has 1 aromatic carbocycles. The van der Waals surface area contributed by atoms with Crippen LogP contribution in [-0.4, -0.2) is 48.4 Å². The molecule has 202 valence electrons. The van der Waals surface area contributed by atoms with Gasteiger partial charge in [-0.1, -0.05) is 30.7 Å². The number of ether oxygens (including phenoxy) is 1. The van der Waals surface area contributed by atoms with Crippen molar-refractivity contribution in [1.29, 1.82) is 0 Å². The zero-order valence-corrected chi connectivity index (χ0v) is 23.6. The lowest BCUT2D eigenvalue weighted by Crippen LogP contribution is -2.62. The van der Waals surface area contributed by atoms with Crippen LogP contribution >= 0.6 is 23.2 Å². The average molecular weight is 548 g/mol. The summed E-state index contributed by atoms with van der Waals surface area (Å²) in [4.78, 5) is 27.6. The van der Waals surface area contributed by atoms with E-state index in [1.165, 1.54) is 5.57 Å². The van der Waals surface area contributed by atoms with Crippen LogP contribution in [0.1, 0.15) is 75.6 Å². The maximum atomic E-state index is 13.4. The first-order valence-electron chi connectivity index (χ1n) is 14.0. The molecule has 6 atom stereocenters. The number of hydrogen-bond acceptors (Lipinski definition) is 4. The van der Waals surface area contributed by atoms with Crippen molar-refractivity contribution < 1.29 is 14.3 Å². The first kappa shape index (κ1) is 26.9. The van der Waals surface area contributed by atoms with Gasteiger partial charge in [-0.3, -0.25) is 4.79 Å². The van der Waals surface area contributed by atoms with E-state index in [9.17, 15) is 9.59 Å². The summed E-state index contributed by atoms with van der Waals surface area (Å²) in [6, 6.07) is 7.60. The Hall–Kier alpha value is -1.72. The van der Waals surface area contributed by atoms with Crippen molar-refractivity contribution in [2.45, 2.75) is 76.9 Å². The number of allylic oxidation sites excluding steroid dienone is 1. The van der Waals surface area contributed by atoms with Crippen molar-refractivity contribution in [3.8, 4) is 0 Å². The number of alkyl halides is 2. The van der Waals surface area contributed by atoms with Crippen LogP contribution in [-0.2, 0) is 9.53 Å². The van der Waals surface area contributed by atoms with Crippen molar-refractivity contribution in [1.82, 2.24) is 5.32 Å². The number of rotatable bonds is 7. The molecule has 37 heavy (non-hydrogen) atoms. The third kappa shape index (κ3) is 5.03. The van der Waals surface area contributed by atoms with Gasteiger partial charge in [0.25, 0.3) is 0 Å². The molecular weight excluding hydrogens is 507 g/mol. The molecule has 1 N–H and O–H groups in total. The van der Waals surface area contributed by atoms with Crippen molar-refractivity contribution in [3.63, 3.8) is 0 Å². The van der Waals surface area contributed by atoms with E-state index in [-0.39, 0.29) is 28.9 Å². The van der Waals surface area contributed by atoms with Crippen LogP contribution in [0.25, 0.3) is 0 Å². The fraction of sp³-hybridized carbons (Fsp3) is 0.667. The number of carbonyl (C=O) groups excluding carboxylic acids is 2. The van der Waals surface area contributed by atoms with E-state index in [4.69, 9.17) is 27.9 Å². The van der Waals surface area contributed by atoms with Gasteiger partial charge in [0, 0.05) is 43.2 Å². The van der Waals surface area contributed by atoms with Crippen molar-refractivity contribution >= 4 is 40.8 Å². The zero-order chi connectivity index (χ0) is 26.2. The highest BCUT2D eigenvalue weighted by molar-refractivity contribution is 6.18. The van der Waals surface area contributed by atoms with Crippen LogP contribution in [0.5, 0.6) is 0 Å². The quantitative estimate of drug-likeness (QED) is 0.246. The SMILES string of the molecule is CC12CC[C@H]3[C@@H](CC=C4C[C@@H](OC(=O)c5ccccc5N(CCCl)CCCl)CC[C@@]43C)[C@@H]1CCC(=O)N2. The standard InChI is InChI=1S/C30H40Cl2N2O3/c1-29-13-11-21(37-28(36)23-5-3-4-6-26(23)34(17-15-31)18-16-32)19-20(29)7-8-22-24(29)12-14-30(2)25(22)9-10-27(35)33-30/h3-7,21-22,24-25H,8-19H2,1-2H3,(H,33,35)/t21-,22+,24-,25-,29-,30?/m0/s1. The van der Waals surface area contributed by atoms with E-state index >= 15 is 0 Å². The van der Waals surface area contributed by atoms with Crippen LogP contribution in [0.15, 0.2) is 35.9 Å². The highest BCUT2D eigenvalue weighted by atomic mass is 35.5. The molecule has 1 heterocycles. The van der Waals surface area contributed by atoms with Gasteiger partial charge in [-0.25, -0.2) is 4.79 Å². The Morgan fingerprint density at radius 2 is 1.84 bits per heavy atom. The lowest BCUT2D eigenvalue weighted by molar-refractivity contribution is -0.131. The molecule has 0 aromatic heterocycles. The molecule has 7 heteroatoms. The Balaban J connectivity index is 1.30. The molecule has 1 unspecified atom stereocenters. The second-order valence-corrected chi connectivity index (χ2v) is 12.7. The van der Waals surface area contributed by atoms with Crippen LogP contribution in [0, 0.1) is 23.2 Å². The van der Waals surface area contributed by atoms with E-state index in [0.717, 1.165) is 50.6 Å². The number of fused-ring (bicyclic) bond motifs is 5. The van der Waals surface area contributed by atoms with Crippen LogP contribution in [0.4, 0.5) is 5.69 Å². The zero-order valence-electron chi connectivity index (χ0n) is 22.1. The molecule has 0 spiro atoms. The number of benzene rings is 1. The van der Waals surface area contributed by atoms with Gasteiger partial charge in [0.2, 0.25) is 5.91 Å². The van der Waals surface area contributed by atoms with E-state index in [2.05, 4.69) is 30.1 Å². The van der Waals surface area contributed by atoms with Gasteiger partial charge in [-0.05, 0) is 80.8 Å². The second-order valence-electron chi connectivity index (χ2n) is 12.0. The smallest absolute Gasteiger partial charge is 0.340 e. The summed E-state index contributed by atoms with van der Waals surface area (Å²) >= 11 is 12.0. The molecule has 1 saturated heterocycles. The minimum Gasteiger partial charge on any atom is -0.458 e. The number of anilines is 1. The molecule has 1 aliphatic heterocycles. The molecule has 0 bridgehead atoms. The maximum absolute atomic E-state index is 13.4. The van der Waals surface area contributed by atoms with Gasteiger partial charge >= 0.3 is 5.97 Å². The number of hydrogen-bond donors (Lipinski definition) is 1. The molecule has 3 fully saturated rings. The summed E-state index contributed by atoms with van der Waals surface area (Å²) in [7, 11) is 0. The summed E-state index contributed by atoms with van der Waals surface area (Å²) in [6.45, 7) is 5.96. The van der Waals surface area contributed by atoms with Gasteiger partial charge in [-0.15, -0.1) is 23.2 Å². The molecule has 5 nitrogen and oxygen atoms in total. The van der Waals surface area contributed by atoms with Gasteiger partial charge in [-0.2, -0.15) is 0 Å². The summed E-state index contributed by atoms with van der Waals surface area (Å²) in [5, 5.41) is 3.35. The average Bonchev–Trinajstić information content (AvgIpc) is 2.88. The van der Waals surface area contributed by atoms with Gasteiger partial charge in [0.15, 0.2) is 0 Å². The largest absolute Gasteiger partial charge is 0.458 e. The lowest BCUT2D eigenvalue weighted by Gasteiger charge is -2.59. The number of halogens is 2. The predicted octanol–water partition coefficient (Wildman–Crippen LogP) is 6.33. The minimum absolute atomic E-state index is 0.0564. The fourth-order valence-corrected chi connectivity index (χ4v) is 8.51. The van der Waals surface area contributed by atoms with Crippen molar-refractivity contribution in [2.24, 2.45) is 23.2 Å². The Morgan fingerprint density at radius 1 is 1.08 bits per heavy atom. The van der Waals surface area contributed by atoms with Crippen LogP contribution in [0.3, 0.4) is 0 Å². The Morgan fingerprint density at radius 3 is 2.59 bits per heavy atom. The molecule has 1 amide bonds. The Bertz CT molecular complexity index is 1060. The van der Waals surface area contributed by atoms with E-state index < -0.39 is 0 Å². The molecule has 5 rings (SSSR count). The minimum atomic E-state index is -0.265. The van der Waals surface area contributed by atoms with E-state index in [1.54, 1.807) is 0 Å². The van der Waals surface area contributed by atoms with E-state index in [1.807, 2.05) is 24.3 Å². The first-order valence-corrected chi connectivity index (χ1v) is 15.0. The highest BCUT2D eigenvalue weighted by Crippen LogP contribution is 2.60.